The first kappa shape index (κ1) is 23.2. The summed E-state index contributed by atoms with van der Waals surface area (Å²) >= 11 is 1.54. The molecule has 6 nitrogen and oxygen atoms in total. The molecular formula is C27H26N4O2S. The van der Waals surface area contributed by atoms with E-state index in [9.17, 15) is 9.59 Å². The second kappa shape index (κ2) is 10.8. The van der Waals surface area contributed by atoms with E-state index in [2.05, 4.69) is 40.0 Å². The highest BCUT2D eigenvalue weighted by atomic mass is 32.1. The molecule has 0 saturated heterocycles. The second-order valence-electron chi connectivity index (χ2n) is 8.04. The monoisotopic (exact) mass is 470 g/mol. The largest absolute Gasteiger partial charge is 0.349 e. The Balaban J connectivity index is 1.28. The van der Waals surface area contributed by atoms with Gasteiger partial charge in [0.15, 0.2) is 0 Å². The topological polar surface area (TPSA) is 83.1 Å². The average Bonchev–Trinajstić information content (AvgIpc) is 3.28. The fourth-order valence-electron chi connectivity index (χ4n) is 3.43. The minimum atomic E-state index is -0.312. The van der Waals surface area contributed by atoms with E-state index in [0.29, 0.717) is 5.69 Å². The van der Waals surface area contributed by atoms with E-state index in [1.807, 2.05) is 79.0 Å². The Morgan fingerprint density at radius 1 is 0.882 bits per heavy atom. The van der Waals surface area contributed by atoms with Gasteiger partial charge in [-0.3, -0.25) is 4.79 Å². The number of hydrogen-bond donors (Lipinski definition) is 3. The average molecular weight is 471 g/mol. The Morgan fingerprint density at radius 2 is 1.53 bits per heavy atom. The van der Waals surface area contributed by atoms with Crippen LogP contribution in [0.3, 0.4) is 0 Å². The summed E-state index contributed by atoms with van der Waals surface area (Å²) in [5, 5.41) is 11.4. The highest BCUT2D eigenvalue weighted by molar-refractivity contribution is 7.13. The summed E-state index contributed by atoms with van der Waals surface area (Å²) in [6.07, 6.45) is 0.228. The van der Waals surface area contributed by atoms with Crippen molar-refractivity contribution in [3.05, 3.63) is 101 Å². The van der Waals surface area contributed by atoms with Gasteiger partial charge in [-0.05, 0) is 43.7 Å². The summed E-state index contributed by atoms with van der Waals surface area (Å²) in [4.78, 5) is 29.3. The Hall–Kier alpha value is -3.97. The van der Waals surface area contributed by atoms with Crippen LogP contribution in [-0.4, -0.2) is 16.9 Å². The van der Waals surface area contributed by atoms with Crippen molar-refractivity contribution in [1.29, 1.82) is 0 Å². The first-order chi connectivity index (χ1) is 16.5. The zero-order chi connectivity index (χ0) is 23.9. The third-order valence-electron chi connectivity index (χ3n) is 5.27. The molecule has 7 heteroatoms. The van der Waals surface area contributed by atoms with E-state index < -0.39 is 0 Å². The standard InChI is InChI=1S/C27H26N4O2S/c1-18-8-10-21(11-9-18)26-29-24(17-34-26)16-25(32)28-19(2)20-12-14-23(15-13-20)31-27(33)30-22-6-4-3-5-7-22/h3-15,17,19H,16H2,1-2H3,(H,28,32)(H2,30,31,33). The fraction of sp³-hybridized carbons (Fsp3) is 0.148. The smallest absolute Gasteiger partial charge is 0.323 e. The van der Waals surface area contributed by atoms with Crippen molar-refractivity contribution >= 4 is 34.6 Å². The van der Waals surface area contributed by atoms with Crippen LogP contribution in [0.4, 0.5) is 16.2 Å². The van der Waals surface area contributed by atoms with E-state index in [1.54, 1.807) is 11.3 Å². The van der Waals surface area contributed by atoms with Gasteiger partial charge >= 0.3 is 6.03 Å². The number of aromatic nitrogens is 1. The summed E-state index contributed by atoms with van der Waals surface area (Å²) in [5.41, 5.74) is 5.35. The lowest BCUT2D eigenvalue weighted by Crippen LogP contribution is -2.28. The number of carbonyl (C=O) groups excluding carboxylic acids is 2. The molecule has 0 fully saturated rings. The third kappa shape index (κ3) is 6.30. The molecule has 1 unspecified atom stereocenters. The predicted octanol–water partition coefficient (Wildman–Crippen LogP) is 6.18. The van der Waals surface area contributed by atoms with E-state index in [1.165, 1.54) is 5.56 Å². The van der Waals surface area contributed by atoms with Gasteiger partial charge in [0.2, 0.25) is 5.91 Å². The van der Waals surface area contributed by atoms with Crippen molar-refractivity contribution in [3.8, 4) is 10.6 Å². The van der Waals surface area contributed by atoms with Crippen LogP contribution in [-0.2, 0) is 11.2 Å². The van der Waals surface area contributed by atoms with Crippen LogP contribution in [0, 0.1) is 6.92 Å². The van der Waals surface area contributed by atoms with Crippen LogP contribution < -0.4 is 16.0 Å². The summed E-state index contributed by atoms with van der Waals surface area (Å²) in [6, 6.07) is 24.4. The molecule has 0 aliphatic rings. The maximum Gasteiger partial charge on any atom is 0.323 e. The minimum Gasteiger partial charge on any atom is -0.349 e. The van der Waals surface area contributed by atoms with Crippen molar-refractivity contribution in [2.45, 2.75) is 26.3 Å². The molecule has 172 valence electrons. The second-order valence-corrected chi connectivity index (χ2v) is 8.90. The van der Waals surface area contributed by atoms with Crippen molar-refractivity contribution in [1.82, 2.24) is 10.3 Å². The molecule has 0 spiro atoms. The summed E-state index contributed by atoms with van der Waals surface area (Å²) < 4.78 is 0. The third-order valence-corrected chi connectivity index (χ3v) is 6.21. The van der Waals surface area contributed by atoms with Gasteiger partial charge in [0.25, 0.3) is 0 Å². The van der Waals surface area contributed by atoms with Gasteiger partial charge in [0.05, 0.1) is 18.2 Å². The quantitative estimate of drug-likeness (QED) is 0.301. The number of carbonyl (C=O) groups is 2. The van der Waals surface area contributed by atoms with Gasteiger partial charge in [-0.1, -0.05) is 60.2 Å². The number of thiazole rings is 1. The first-order valence-electron chi connectivity index (χ1n) is 11.0. The Labute approximate surface area is 203 Å². The Bertz CT molecular complexity index is 1250. The van der Waals surface area contributed by atoms with Crippen molar-refractivity contribution in [3.63, 3.8) is 0 Å². The van der Waals surface area contributed by atoms with Crippen molar-refractivity contribution in [2.75, 3.05) is 10.6 Å². The van der Waals surface area contributed by atoms with Crippen LogP contribution in [0.5, 0.6) is 0 Å². The summed E-state index contributed by atoms with van der Waals surface area (Å²) in [7, 11) is 0. The summed E-state index contributed by atoms with van der Waals surface area (Å²) in [5.74, 6) is -0.0855. The number of nitrogens with one attached hydrogen (secondary N) is 3. The Kier molecular flexibility index (Phi) is 7.34. The SMILES string of the molecule is Cc1ccc(-c2nc(CC(=O)NC(C)c3ccc(NC(=O)Nc4ccccc4)cc3)cs2)cc1. The molecule has 4 rings (SSSR count). The predicted molar refractivity (Wildman–Crippen MR) is 138 cm³/mol. The fourth-order valence-corrected chi connectivity index (χ4v) is 4.25. The van der Waals surface area contributed by atoms with Gasteiger partial charge in [-0.15, -0.1) is 11.3 Å². The van der Waals surface area contributed by atoms with E-state index in [-0.39, 0.29) is 24.4 Å². The molecule has 1 heterocycles. The highest BCUT2D eigenvalue weighted by Gasteiger charge is 2.13. The summed E-state index contributed by atoms with van der Waals surface area (Å²) in [6.45, 7) is 3.98. The Morgan fingerprint density at radius 3 is 2.21 bits per heavy atom. The molecular weight excluding hydrogens is 444 g/mol. The molecule has 0 radical (unpaired) electrons. The zero-order valence-corrected chi connectivity index (χ0v) is 19.9. The van der Waals surface area contributed by atoms with Crippen molar-refractivity contribution in [2.24, 2.45) is 0 Å². The number of hydrogen-bond acceptors (Lipinski definition) is 4. The number of benzene rings is 3. The lowest BCUT2D eigenvalue weighted by atomic mass is 10.1. The van der Waals surface area contributed by atoms with E-state index >= 15 is 0 Å². The zero-order valence-electron chi connectivity index (χ0n) is 19.0. The first-order valence-corrected chi connectivity index (χ1v) is 11.9. The van der Waals surface area contributed by atoms with Crippen LogP contribution in [0.1, 0.15) is 29.8 Å². The van der Waals surface area contributed by atoms with Gasteiger partial charge in [-0.2, -0.15) is 0 Å². The minimum absolute atomic E-state index is 0.0855. The normalized spacial score (nSPS) is 11.5. The molecule has 34 heavy (non-hydrogen) atoms. The highest BCUT2D eigenvalue weighted by Crippen LogP contribution is 2.24. The molecule has 1 aromatic heterocycles. The molecule has 3 N–H and O–H groups in total. The molecule has 1 atom stereocenters. The van der Waals surface area contributed by atoms with Crippen LogP contribution in [0.15, 0.2) is 84.2 Å². The molecule has 0 aliphatic heterocycles. The lowest BCUT2D eigenvalue weighted by Gasteiger charge is -2.15. The van der Waals surface area contributed by atoms with Crippen LogP contribution in [0.2, 0.25) is 0 Å². The van der Waals surface area contributed by atoms with Gasteiger partial charge in [0.1, 0.15) is 5.01 Å². The van der Waals surface area contributed by atoms with Gasteiger partial charge in [-0.25, -0.2) is 9.78 Å². The molecule has 0 aliphatic carbocycles. The van der Waals surface area contributed by atoms with Gasteiger partial charge < -0.3 is 16.0 Å². The number of aryl methyl sites for hydroxylation is 1. The van der Waals surface area contributed by atoms with Crippen LogP contribution in [0.25, 0.3) is 10.6 Å². The van der Waals surface area contributed by atoms with Crippen LogP contribution >= 0.6 is 11.3 Å². The molecule has 3 aromatic carbocycles. The number of amides is 3. The number of rotatable bonds is 7. The van der Waals surface area contributed by atoms with Gasteiger partial charge in [0, 0.05) is 22.3 Å². The number of nitrogens with zero attached hydrogens (tertiary/aromatic N) is 1. The maximum absolute atomic E-state index is 12.6. The van der Waals surface area contributed by atoms with E-state index in [0.717, 1.165) is 27.5 Å². The number of para-hydroxylation sites is 1. The number of anilines is 2. The molecule has 0 bridgehead atoms. The molecule has 3 amide bonds. The lowest BCUT2D eigenvalue weighted by molar-refractivity contribution is -0.121. The van der Waals surface area contributed by atoms with E-state index in [4.69, 9.17) is 0 Å². The maximum atomic E-state index is 12.6. The molecule has 0 saturated carbocycles. The van der Waals surface area contributed by atoms with Crippen molar-refractivity contribution < 1.29 is 9.59 Å². The number of urea groups is 1. The molecule has 4 aromatic rings.